The van der Waals surface area contributed by atoms with E-state index in [0.717, 1.165) is 12.8 Å². The molecule has 0 radical (unpaired) electrons. The van der Waals surface area contributed by atoms with Crippen molar-refractivity contribution in [2.45, 2.75) is 19.3 Å². The van der Waals surface area contributed by atoms with Crippen LogP contribution in [-0.2, 0) is 4.79 Å². The standard InChI is InChI=1S/C12H11Cl3O2/c13-9-7-10(14)12(15)11(8-9)17-6-4-2-1-3-5-16/h3,7-8H,1-2,4,6H2. The van der Waals surface area contributed by atoms with Crippen molar-refractivity contribution in [2.75, 3.05) is 6.61 Å². The molecule has 17 heavy (non-hydrogen) atoms. The Morgan fingerprint density at radius 2 is 2.00 bits per heavy atom. The van der Waals surface area contributed by atoms with Crippen LogP contribution >= 0.6 is 34.8 Å². The van der Waals surface area contributed by atoms with E-state index in [1.54, 1.807) is 18.1 Å². The summed E-state index contributed by atoms with van der Waals surface area (Å²) >= 11 is 17.6. The van der Waals surface area contributed by atoms with Gasteiger partial charge in [-0.25, -0.2) is 4.79 Å². The molecule has 0 aromatic heterocycles. The van der Waals surface area contributed by atoms with E-state index in [-0.39, 0.29) is 0 Å². The zero-order valence-corrected chi connectivity index (χ0v) is 11.3. The highest BCUT2D eigenvalue weighted by Gasteiger charge is 2.07. The predicted molar refractivity (Wildman–Crippen MR) is 71.1 cm³/mol. The third kappa shape index (κ3) is 5.01. The quantitative estimate of drug-likeness (QED) is 0.436. The molecule has 0 fully saturated rings. The van der Waals surface area contributed by atoms with E-state index in [1.807, 2.05) is 0 Å². The maximum atomic E-state index is 9.92. The van der Waals surface area contributed by atoms with E-state index in [1.165, 1.54) is 6.08 Å². The highest BCUT2D eigenvalue weighted by molar-refractivity contribution is 6.44. The van der Waals surface area contributed by atoms with Gasteiger partial charge in [-0.15, -0.1) is 0 Å². The van der Waals surface area contributed by atoms with Crippen LogP contribution in [0.3, 0.4) is 0 Å². The minimum Gasteiger partial charge on any atom is -0.492 e. The van der Waals surface area contributed by atoms with Crippen LogP contribution in [0.5, 0.6) is 5.75 Å². The van der Waals surface area contributed by atoms with Crippen LogP contribution in [0.25, 0.3) is 0 Å². The summed E-state index contributed by atoms with van der Waals surface area (Å²) in [6.45, 7) is 0.503. The van der Waals surface area contributed by atoms with Gasteiger partial charge in [-0.1, -0.05) is 34.8 Å². The Hall–Kier alpha value is -0.660. The molecule has 0 aliphatic heterocycles. The summed E-state index contributed by atoms with van der Waals surface area (Å²) in [5.74, 6) is 2.21. The second kappa shape index (κ2) is 7.62. The number of hydrogen-bond donors (Lipinski definition) is 0. The van der Waals surface area contributed by atoms with Crippen molar-refractivity contribution >= 4 is 40.7 Å². The summed E-state index contributed by atoms with van der Waals surface area (Å²) in [6.07, 6.45) is 3.85. The lowest BCUT2D eigenvalue weighted by Gasteiger charge is -2.09. The molecule has 1 aromatic rings. The molecule has 0 bridgehead atoms. The Kier molecular flexibility index (Phi) is 6.46. The molecule has 0 saturated heterocycles. The monoisotopic (exact) mass is 292 g/mol. The summed E-state index contributed by atoms with van der Waals surface area (Å²) in [4.78, 5) is 9.92. The Morgan fingerprint density at radius 3 is 2.71 bits per heavy atom. The smallest absolute Gasteiger partial charge is 0.140 e. The number of halogens is 3. The van der Waals surface area contributed by atoms with Gasteiger partial charge in [-0.05, 0) is 31.4 Å². The fraction of sp³-hybridized carbons (Fsp3) is 0.333. The summed E-state index contributed by atoms with van der Waals surface area (Å²) < 4.78 is 5.47. The molecule has 0 aliphatic rings. The van der Waals surface area contributed by atoms with E-state index in [4.69, 9.17) is 39.5 Å². The molecule has 0 N–H and O–H groups in total. The van der Waals surface area contributed by atoms with E-state index < -0.39 is 0 Å². The van der Waals surface area contributed by atoms with Crippen LogP contribution in [0.4, 0.5) is 0 Å². The van der Waals surface area contributed by atoms with E-state index >= 15 is 0 Å². The lowest BCUT2D eigenvalue weighted by molar-refractivity contribution is 0.307. The lowest BCUT2D eigenvalue weighted by Crippen LogP contribution is -1.97. The van der Waals surface area contributed by atoms with Gasteiger partial charge in [0.2, 0.25) is 0 Å². The van der Waals surface area contributed by atoms with Gasteiger partial charge in [0.25, 0.3) is 0 Å². The average Bonchev–Trinajstić information content (AvgIpc) is 2.29. The summed E-state index contributed by atoms with van der Waals surface area (Å²) in [5.41, 5.74) is 0. The number of hydrogen-bond acceptors (Lipinski definition) is 2. The molecule has 5 heteroatoms. The summed E-state index contributed by atoms with van der Waals surface area (Å²) in [7, 11) is 0. The van der Waals surface area contributed by atoms with Gasteiger partial charge >= 0.3 is 0 Å². The summed E-state index contributed by atoms with van der Waals surface area (Å²) in [5, 5.41) is 1.22. The number of unbranched alkanes of at least 4 members (excludes halogenated alkanes) is 2. The van der Waals surface area contributed by atoms with Crippen molar-refractivity contribution in [3.8, 4) is 5.75 Å². The third-order valence-electron chi connectivity index (χ3n) is 2.04. The zero-order valence-electron chi connectivity index (χ0n) is 9.01. The first-order chi connectivity index (χ1) is 8.15. The van der Waals surface area contributed by atoms with Gasteiger partial charge in [0.1, 0.15) is 16.7 Å². The second-order valence-electron chi connectivity index (χ2n) is 3.37. The van der Waals surface area contributed by atoms with Gasteiger partial charge in [-0.3, -0.25) is 0 Å². The minimum atomic E-state index is 0.365. The van der Waals surface area contributed by atoms with Crippen molar-refractivity contribution in [1.82, 2.24) is 0 Å². The van der Waals surface area contributed by atoms with Crippen LogP contribution in [0.15, 0.2) is 18.2 Å². The van der Waals surface area contributed by atoms with Crippen molar-refractivity contribution in [1.29, 1.82) is 0 Å². The number of ether oxygens (including phenoxy) is 1. The molecule has 0 aliphatic carbocycles. The Morgan fingerprint density at radius 1 is 1.24 bits per heavy atom. The van der Waals surface area contributed by atoms with Gasteiger partial charge in [0, 0.05) is 11.1 Å². The molecule has 0 saturated carbocycles. The Labute approximate surface area is 115 Å². The average molecular weight is 294 g/mol. The minimum absolute atomic E-state index is 0.365. The molecular weight excluding hydrogens is 282 g/mol. The first-order valence-corrected chi connectivity index (χ1v) is 6.25. The third-order valence-corrected chi connectivity index (χ3v) is 3.05. The molecule has 0 amide bonds. The van der Waals surface area contributed by atoms with Crippen molar-refractivity contribution in [3.63, 3.8) is 0 Å². The maximum absolute atomic E-state index is 9.92. The SMILES string of the molecule is O=C=CCCCCOc1cc(Cl)cc(Cl)c1Cl. The van der Waals surface area contributed by atoms with E-state index in [0.29, 0.717) is 33.8 Å². The van der Waals surface area contributed by atoms with Crippen molar-refractivity contribution < 1.29 is 9.53 Å². The number of rotatable bonds is 6. The van der Waals surface area contributed by atoms with Gasteiger partial charge in [0.05, 0.1) is 11.6 Å². The van der Waals surface area contributed by atoms with E-state index in [2.05, 4.69) is 0 Å². The normalized spacial score (nSPS) is 9.82. The van der Waals surface area contributed by atoms with Crippen molar-refractivity contribution in [2.24, 2.45) is 0 Å². The summed E-state index contributed by atoms with van der Waals surface area (Å²) in [6, 6.07) is 3.19. The van der Waals surface area contributed by atoms with Gasteiger partial charge in [-0.2, -0.15) is 0 Å². The molecule has 0 atom stereocenters. The fourth-order valence-electron chi connectivity index (χ4n) is 1.23. The predicted octanol–water partition coefficient (Wildman–Crippen LogP) is 4.58. The van der Waals surface area contributed by atoms with Crippen LogP contribution in [-0.4, -0.2) is 12.5 Å². The number of benzene rings is 1. The molecule has 92 valence electrons. The maximum Gasteiger partial charge on any atom is 0.140 e. The topological polar surface area (TPSA) is 26.3 Å². The lowest BCUT2D eigenvalue weighted by atomic mass is 10.2. The van der Waals surface area contributed by atoms with Crippen LogP contribution in [0, 0.1) is 0 Å². The van der Waals surface area contributed by atoms with Crippen molar-refractivity contribution in [3.05, 3.63) is 33.3 Å². The van der Waals surface area contributed by atoms with E-state index in [9.17, 15) is 4.79 Å². The Balaban J connectivity index is 2.44. The fourth-order valence-corrected chi connectivity index (χ4v) is 1.87. The van der Waals surface area contributed by atoms with Gasteiger partial charge < -0.3 is 4.74 Å². The molecule has 0 spiro atoms. The first-order valence-electron chi connectivity index (χ1n) is 5.12. The van der Waals surface area contributed by atoms with Gasteiger partial charge in [0.15, 0.2) is 0 Å². The molecule has 2 nitrogen and oxygen atoms in total. The number of allylic oxidation sites excluding steroid dienone is 1. The first kappa shape index (κ1) is 14.4. The van der Waals surface area contributed by atoms with Crippen LogP contribution < -0.4 is 4.74 Å². The number of carbonyl (C=O) groups excluding carboxylic acids is 1. The Bertz CT molecular complexity index is 426. The van der Waals surface area contributed by atoms with Crippen LogP contribution in [0.1, 0.15) is 19.3 Å². The van der Waals surface area contributed by atoms with Crippen LogP contribution in [0.2, 0.25) is 15.1 Å². The molecule has 1 rings (SSSR count). The molecule has 1 aromatic carbocycles. The zero-order chi connectivity index (χ0) is 12.7. The largest absolute Gasteiger partial charge is 0.492 e. The second-order valence-corrected chi connectivity index (χ2v) is 4.59. The molecule has 0 heterocycles. The molecular formula is C12H11Cl3O2. The highest BCUT2D eigenvalue weighted by atomic mass is 35.5. The molecule has 0 unspecified atom stereocenters. The highest BCUT2D eigenvalue weighted by Crippen LogP contribution is 2.35.